The van der Waals surface area contributed by atoms with E-state index in [9.17, 15) is 0 Å². The van der Waals surface area contributed by atoms with Gasteiger partial charge in [-0.05, 0) is 10.6 Å². The van der Waals surface area contributed by atoms with Crippen molar-refractivity contribution >= 4 is 55.5 Å². The Hall–Kier alpha value is -0.547. The molecule has 0 spiro atoms. The first-order valence-corrected chi connectivity index (χ1v) is 18.5. The Bertz CT molecular complexity index is 793. The van der Waals surface area contributed by atoms with Crippen LogP contribution in [0.3, 0.4) is 0 Å². The largest absolute Gasteiger partial charge is 0.168 e. The molecule has 0 bridgehead atoms. The van der Waals surface area contributed by atoms with E-state index in [4.69, 9.17) is 25.5 Å². The van der Waals surface area contributed by atoms with Crippen molar-refractivity contribution in [1.82, 2.24) is 0 Å². The van der Waals surface area contributed by atoms with Crippen molar-refractivity contribution in [3.63, 3.8) is 0 Å². The zero-order chi connectivity index (χ0) is 18.6. The van der Waals surface area contributed by atoms with E-state index in [0.717, 1.165) is 8.58 Å². The second-order valence-electron chi connectivity index (χ2n) is 5.23. The van der Waals surface area contributed by atoms with Crippen molar-refractivity contribution in [3.05, 3.63) is 103 Å². The van der Waals surface area contributed by atoms with Gasteiger partial charge in [0.2, 0.25) is 0 Å². The van der Waals surface area contributed by atoms with Crippen LogP contribution >= 0.6 is 34.1 Å². The molecule has 4 rings (SSSR count). The van der Waals surface area contributed by atoms with Gasteiger partial charge in [-0.15, -0.1) is 29.7 Å². The van der Waals surface area contributed by atoms with Gasteiger partial charge in [-0.1, -0.05) is 75.3 Å². The molecule has 4 aromatic rings. The van der Waals surface area contributed by atoms with Crippen molar-refractivity contribution < 1.29 is 18.2 Å². The fourth-order valence-electron chi connectivity index (χ4n) is 2.28. The second kappa shape index (κ2) is 12.8. The van der Waals surface area contributed by atoms with Crippen LogP contribution in [0.1, 0.15) is 0 Å². The quantitative estimate of drug-likeness (QED) is 0.207. The summed E-state index contributed by atoms with van der Waals surface area (Å²) in [5.41, 5.74) is 0. The summed E-state index contributed by atoms with van der Waals surface area (Å²) >= 11 is -2.13. The normalized spacial score (nSPS) is 9.50. The third-order valence-corrected chi connectivity index (χ3v) is 4.63. The van der Waals surface area contributed by atoms with Crippen LogP contribution in [-0.2, 0) is 18.2 Å². The summed E-state index contributed by atoms with van der Waals surface area (Å²) in [5, 5.41) is 5.46. The van der Waals surface area contributed by atoms with Gasteiger partial charge in [0, 0.05) is 0 Å². The minimum Gasteiger partial charge on any atom is -0.168 e. The summed E-state index contributed by atoms with van der Waals surface area (Å²) < 4.78 is 0. The van der Waals surface area contributed by atoms with Crippen LogP contribution < -0.4 is 10.6 Å². The minimum absolute atomic E-state index is 0.777. The first-order chi connectivity index (χ1) is 12.6. The van der Waals surface area contributed by atoms with Gasteiger partial charge in [0.05, 0.1) is 0 Å². The van der Waals surface area contributed by atoms with Gasteiger partial charge in [-0.2, -0.15) is 17.5 Å². The number of benzene rings is 3. The molecule has 5 heteroatoms. The monoisotopic (exact) mass is 496 g/mol. The maximum atomic E-state index is 5.00. The number of hydrogen-bond acceptors (Lipinski definition) is 0. The molecule has 0 nitrogen and oxygen atoms in total. The van der Waals surface area contributed by atoms with Crippen molar-refractivity contribution in [2.45, 2.75) is 0 Å². The third-order valence-electron chi connectivity index (χ3n) is 3.38. The Morgan fingerprint density at radius 2 is 1.08 bits per heavy atom. The summed E-state index contributed by atoms with van der Waals surface area (Å²) in [4.78, 5) is 0. The van der Waals surface area contributed by atoms with E-state index in [-0.39, 0.29) is 0 Å². The van der Waals surface area contributed by atoms with Crippen molar-refractivity contribution in [1.29, 1.82) is 0 Å². The predicted octanol–water partition coefficient (Wildman–Crippen LogP) is 6.94. The molecule has 0 saturated heterocycles. The summed E-state index contributed by atoms with van der Waals surface area (Å²) in [5.74, 6) is 0. The standard InChI is InChI=1S/C12H11P.C9H7.3ClH.Zr/c1-3-7-11(8-4-1)13-12-9-5-2-6-10-12;1-2-5-9-7-3-6-8(9)4-1;;;;/h1-10,13H;1-7H;3*1H;/q;-1;;;;+3/p-3. The van der Waals surface area contributed by atoms with Gasteiger partial charge in [-0.3, -0.25) is 0 Å². The molecule has 4 aromatic carbocycles. The predicted molar refractivity (Wildman–Crippen MR) is 118 cm³/mol. The van der Waals surface area contributed by atoms with Gasteiger partial charge in [0.25, 0.3) is 0 Å². The van der Waals surface area contributed by atoms with E-state index >= 15 is 0 Å². The SMILES string of the molecule is [Cl][Zr]([Cl])[Cl].c1ccc(Pc2ccccc2)cc1.c1ccc2[cH-]ccc2c1. The van der Waals surface area contributed by atoms with Crippen LogP contribution in [0.25, 0.3) is 10.8 Å². The number of hydrogen-bond donors (Lipinski definition) is 0. The summed E-state index contributed by atoms with van der Waals surface area (Å²) in [6, 6.07) is 35.8. The summed E-state index contributed by atoms with van der Waals surface area (Å²) in [6.07, 6.45) is 0. The molecular formula is C21H18Cl3PZr-. The Kier molecular flexibility index (Phi) is 10.7. The molecule has 0 heterocycles. The molecule has 0 unspecified atom stereocenters. The van der Waals surface area contributed by atoms with Crippen LogP contribution in [-0.4, -0.2) is 0 Å². The summed E-state index contributed by atoms with van der Waals surface area (Å²) in [7, 11) is 15.8. The van der Waals surface area contributed by atoms with Gasteiger partial charge in [-0.25, -0.2) is 0 Å². The zero-order valence-electron chi connectivity index (χ0n) is 13.9. The number of rotatable bonds is 2. The van der Waals surface area contributed by atoms with E-state index in [2.05, 4.69) is 103 Å². The van der Waals surface area contributed by atoms with Crippen LogP contribution in [0.4, 0.5) is 0 Å². The Morgan fingerprint density at radius 3 is 1.58 bits per heavy atom. The van der Waals surface area contributed by atoms with Crippen molar-refractivity contribution in [2.75, 3.05) is 0 Å². The van der Waals surface area contributed by atoms with E-state index < -0.39 is 18.2 Å². The maximum absolute atomic E-state index is 5.00. The van der Waals surface area contributed by atoms with Crippen LogP contribution in [0.2, 0.25) is 0 Å². The average Bonchev–Trinajstić information content (AvgIpc) is 3.12. The summed E-state index contributed by atoms with van der Waals surface area (Å²) in [6.45, 7) is 0. The average molecular weight is 499 g/mol. The first kappa shape index (κ1) is 21.7. The maximum Gasteiger partial charge on any atom is -0.0226 e. The van der Waals surface area contributed by atoms with Crippen LogP contribution in [0.5, 0.6) is 0 Å². The van der Waals surface area contributed by atoms with Gasteiger partial charge in [0.1, 0.15) is 0 Å². The fraction of sp³-hybridized carbons (Fsp3) is 0. The molecule has 0 aliphatic heterocycles. The Labute approximate surface area is 175 Å². The number of fused-ring (bicyclic) bond motifs is 1. The van der Waals surface area contributed by atoms with Crippen LogP contribution in [0, 0.1) is 0 Å². The van der Waals surface area contributed by atoms with Gasteiger partial charge >= 0.3 is 43.7 Å². The van der Waals surface area contributed by atoms with E-state index in [1.807, 2.05) is 0 Å². The molecule has 0 aliphatic carbocycles. The zero-order valence-corrected chi connectivity index (χ0v) is 19.7. The van der Waals surface area contributed by atoms with Crippen LogP contribution in [0.15, 0.2) is 103 Å². The fourth-order valence-corrected chi connectivity index (χ4v) is 3.33. The Balaban J connectivity index is 0.000000162. The molecule has 0 saturated carbocycles. The molecular weight excluding hydrogens is 481 g/mol. The third kappa shape index (κ3) is 8.90. The topological polar surface area (TPSA) is 0 Å². The molecule has 133 valence electrons. The van der Waals surface area contributed by atoms with E-state index in [1.54, 1.807) is 0 Å². The smallest absolute Gasteiger partial charge is 0.0226 e. The molecule has 0 aliphatic rings. The molecule has 0 N–H and O–H groups in total. The first-order valence-electron chi connectivity index (χ1n) is 7.96. The second-order valence-corrected chi connectivity index (χ2v) is 17.8. The van der Waals surface area contributed by atoms with Gasteiger partial charge < -0.3 is 0 Å². The van der Waals surface area contributed by atoms with E-state index in [1.165, 1.54) is 21.4 Å². The number of halogens is 3. The van der Waals surface area contributed by atoms with Crippen molar-refractivity contribution in [2.24, 2.45) is 0 Å². The Morgan fingerprint density at radius 1 is 0.615 bits per heavy atom. The molecule has 26 heavy (non-hydrogen) atoms. The van der Waals surface area contributed by atoms with Gasteiger partial charge in [0.15, 0.2) is 0 Å². The molecule has 0 radical (unpaired) electrons. The van der Waals surface area contributed by atoms with E-state index in [0.29, 0.717) is 0 Å². The molecule has 0 fully saturated rings. The molecule has 0 aromatic heterocycles. The molecule has 0 atom stereocenters. The molecule has 0 amide bonds. The van der Waals surface area contributed by atoms with Crippen molar-refractivity contribution in [3.8, 4) is 0 Å². The minimum atomic E-state index is -2.13.